The van der Waals surface area contributed by atoms with Crippen LogP contribution < -0.4 is 15.2 Å². The summed E-state index contributed by atoms with van der Waals surface area (Å²) < 4.78 is 24.3. The van der Waals surface area contributed by atoms with Crippen LogP contribution in [0.25, 0.3) is 0 Å². The van der Waals surface area contributed by atoms with Crippen LogP contribution >= 0.6 is 0 Å². The molecule has 1 aliphatic rings. The molecule has 7 heteroatoms. The van der Waals surface area contributed by atoms with Crippen molar-refractivity contribution in [2.75, 3.05) is 30.2 Å². The van der Waals surface area contributed by atoms with Gasteiger partial charge in [0.25, 0.3) is 10.2 Å². The average Bonchev–Trinajstić information content (AvgIpc) is 2.53. The Morgan fingerprint density at radius 1 is 1.25 bits per heavy atom. The van der Waals surface area contributed by atoms with Gasteiger partial charge in [-0.15, -0.1) is 0 Å². The molecule has 1 aromatic carbocycles. The molecule has 2 rings (SSSR count). The first kappa shape index (κ1) is 15.1. The van der Waals surface area contributed by atoms with Gasteiger partial charge in [0, 0.05) is 11.7 Å². The van der Waals surface area contributed by atoms with Crippen molar-refractivity contribution in [2.24, 2.45) is 5.14 Å². The van der Waals surface area contributed by atoms with E-state index in [0.717, 1.165) is 31.6 Å². The van der Waals surface area contributed by atoms with Crippen LogP contribution in [0.1, 0.15) is 19.3 Å². The minimum absolute atomic E-state index is 0.421. The van der Waals surface area contributed by atoms with Crippen LogP contribution in [0.15, 0.2) is 24.3 Å². The van der Waals surface area contributed by atoms with Gasteiger partial charge in [0.1, 0.15) is 0 Å². The van der Waals surface area contributed by atoms with E-state index in [9.17, 15) is 8.42 Å². The predicted molar refractivity (Wildman–Crippen MR) is 81.9 cm³/mol. The van der Waals surface area contributed by atoms with E-state index < -0.39 is 10.2 Å². The maximum atomic E-state index is 11.0. The molecule has 0 bridgehead atoms. The summed E-state index contributed by atoms with van der Waals surface area (Å²) in [6.07, 6.45) is 3.38. The molecule has 0 saturated carbocycles. The summed E-state index contributed by atoms with van der Waals surface area (Å²) in [6.45, 7) is 2.21. The van der Waals surface area contributed by atoms with Gasteiger partial charge in [0.05, 0.1) is 5.69 Å². The summed E-state index contributed by atoms with van der Waals surface area (Å²) in [4.78, 5) is 2.33. The number of hydrogen-bond acceptors (Lipinski definition) is 4. The van der Waals surface area contributed by atoms with Crippen molar-refractivity contribution in [3.8, 4) is 0 Å². The molecule has 20 heavy (non-hydrogen) atoms. The van der Waals surface area contributed by atoms with Gasteiger partial charge in [-0.2, -0.15) is 8.42 Å². The number of hydrogen-bond donors (Lipinski definition) is 3. The summed E-state index contributed by atoms with van der Waals surface area (Å²) in [5, 5.41) is 8.44. The zero-order chi connectivity index (χ0) is 14.6. The largest absolute Gasteiger partial charge is 0.382 e. The van der Waals surface area contributed by atoms with Crippen molar-refractivity contribution < 1.29 is 8.42 Å². The van der Waals surface area contributed by atoms with Crippen LogP contribution in [0.3, 0.4) is 0 Å². The highest BCUT2D eigenvalue weighted by Crippen LogP contribution is 2.20. The molecule has 0 radical (unpaired) electrons. The molecule has 112 valence electrons. The lowest BCUT2D eigenvalue weighted by Gasteiger charge is -2.18. The quantitative estimate of drug-likeness (QED) is 0.779. The standard InChI is InChI=1S/C13H22N4O2S/c1-17-8-3-6-11(7-9-17)15-12-4-2-5-13(10-12)16-20(14,18)19/h2,4-5,10-11,15-16H,3,6-9H2,1H3,(H2,14,18,19). The summed E-state index contributed by atoms with van der Waals surface area (Å²) in [5.41, 5.74) is 1.39. The fraction of sp³-hybridized carbons (Fsp3) is 0.538. The Balaban J connectivity index is 2.00. The molecule has 6 nitrogen and oxygen atoms in total. The lowest BCUT2D eigenvalue weighted by atomic mass is 10.1. The van der Waals surface area contributed by atoms with Crippen LogP contribution in [-0.4, -0.2) is 39.5 Å². The van der Waals surface area contributed by atoms with Crippen molar-refractivity contribution in [3.63, 3.8) is 0 Å². The number of likely N-dealkylation sites (tertiary alicyclic amines) is 1. The van der Waals surface area contributed by atoms with E-state index in [1.165, 1.54) is 6.42 Å². The minimum Gasteiger partial charge on any atom is -0.382 e. The molecular formula is C13H22N4O2S. The number of nitrogens with zero attached hydrogens (tertiary/aromatic N) is 1. The first-order valence-electron chi connectivity index (χ1n) is 6.78. The number of anilines is 2. The van der Waals surface area contributed by atoms with Crippen LogP contribution in [0.5, 0.6) is 0 Å². The lowest BCUT2D eigenvalue weighted by Crippen LogP contribution is -2.23. The minimum atomic E-state index is -3.72. The highest BCUT2D eigenvalue weighted by atomic mass is 32.2. The van der Waals surface area contributed by atoms with E-state index in [1.807, 2.05) is 6.07 Å². The molecule has 4 N–H and O–H groups in total. The van der Waals surface area contributed by atoms with Gasteiger partial charge in [-0.3, -0.25) is 4.72 Å². The van der Waals surface area contributed by atoms with Gasteiger partial charge in [-0.05, 0) is 57.6 Å². The Morgan fingerprint density at radius 2 is 2.00 bits per heavy atom. The smallest absolute Gasteiger partial charge is 0.296 e. The van der Waals surface area contributed by atoms with Crippen molar-refractivity contribution in [1.29, 1.82) is 0 Å². The van der Waals surface area contributed by atoms with Gasteiger partial charge >= 0.3 is 0 Å². The number of rotatable bonds is 4. The molecule has 0 spiro atoms. The molecule has 1 aliphatic heterocycles. The zero-order valence-corrected chi connectivity index (χ0v) is 12.5. The Labute approximate surface area is 120 Å². The predicted octanol–water partition coefficient (Wildman–Crippen LogP) is 1.20. The second-order valence-electron chi connectivity index (χ2n) is 5.30. The van der Waals surface area contributed by atoms with E-state index >= 15 is 0 Å². The molecule has 0 aliphatic carbocycles. The van der Waals surface area contributed by atoms with Crippen LogP contribution in [0.4, 0.5) is 11.4 Å². The van der Waals surface area contributed by atoms with E-state index in [0.29, 0.717) is 11.7 Å². The second-order valence-corrected chi connectivity index (χ2v) is 6.60. The molecule has 0 aromatic heterocycles. The van der Waals surface area contributed by atoms with Crippen molar-refractivity contribution in [1.82, 2.24) is 4.90 Å². The third-order valence-corrected chi connectivity index (χ3v) is 3.97. The Kier molecular flexibility index (Phi) is 4.85. The Morgan fingerprint density at radius 3 is 2.75 bits per heavy atom. The lowest BCUT2D eigenvalue weighted by molar-refractivity contribution is 0.348. The molecule has 1 fully saturated rings. The maximum Gasteiger partial charge on any atom is 0.296 e. The highest BCUT2D eigenvalue weighted by molar-refractivity contribution is 7.90. The third-order valence-electron chi connectivity index (χ3n) is 3.45. The number of nitrogens with one attached hydrogen (secondary N) is 2. The fourth-order valence-electron chi connectivity index (χ4n) is 2.46. The topological polar surface area (TPSA) is 87.5 Å². The van der Waals surface area contributed by atoms with E-state index in [-0.39, 0.29) is 0 Å². The molecule has 1 atom stereocenters. The first-order valence-corrected chi connectivity index (χ1v) is 8.33. The van der Waals surface area contributed by atoms with Crippen molar-refractivity contribution in [2.45, 2.75) is 25.3 Å². The van der Waals surface area contributed by atoms with Crippen LogP contribution in [0.2, 0.25) is 0 Å². The summed E-state index contributed by atoms with van der Waals surface area (Å²) >= 11 is 0. The van der Waals surface area contributed by atoms with Gasteiger partial charge in [0.2, 0.25) is 0 Å². The maximum absolute atomic E-state index is 11.0. The Hall–Kier alpha value is -1.31. The molecule has 1 unspecified atom stereocenters. The number of benzene rings is 1. The summed E-state index contributed by atoms with van der Waals surface area (Å²) in [6, 6.07) is 7.60. The van der Waals surface area contributed by atoms with E-state index in [2.05, 4.69) is 22.0 Å². The molecular weight excluding hydrogens is 276 g/mol. The Bertz CT molecular complexity index is 547. The number of nitrogens with two attached hydrogens (primary N) is 1. The molecule has 1 heterocycles. The first-order chi connectivity index (χ1) is 9.42. The molecule has 1 saturated heterocycles. The molecule has 0 amide bonds. The summed E-state index contributed by atoms with van der Waals surface area (Å²) in [5.74, 6) is 0. The van der Waals surface area contributed by atoms with Gasteiger partial charge in [0.15, 0.2) is 0 Å². The van der Waals surface area contributed by atoms with E-state index in [4.69, 9.17) is 5.14 Å². The second kappa shape index (κ2) is 6.43. The highest BCUT2D eigenvalue weighted by Gasteiger charge is 2.14. The van der Waals surface area contributed by atoms with Gasteiger partial charge < -0.3 is 10.2 Å². The SMILES string of the molecule is CN1CCCC(Nc2cccc(NS(N)(=O)=O)c2)CC1. The fourth-order valence-corrected chi connectivity index (χ4v) is 2.91. The van der Waals surface area contributed by atoms with Crippen molar-refractivity contribution >= 4 is 21.6 Å². The normalized spacial score (nSPS) is 21.2. The van der Waals surface area contributed by atoms with Crippen LogP contribution in [0, 0.1) is 0 Å². The van der Waals surface area contributed by atoms with E-state index in [1.54, 1.807) is 18.2 Å². The van der Waals surface area contributed by atoms with Crippen LogP contribution in [-0.2, 0) is 10.2 Å². The third kappa shape index (κ3) is 4.99. The summed E-state index contributed by atoms with van der Waals surface area (Å²) in [7, 11) is -1.59. The molecule has 1 aromatic rings. The zero-order valence-electron chi connectivity index (χ0n) is 11.7. The van der Waals surface area contributed by atoms with Crippen molar-refractivity contribution in [3.05, 3.63) is 24.3 Å². The average molecular weight is 298 g/mol. The van der Waals surface area contributed by atoms with Gasteiger partial charge in [-0.25, -0.2) is 5.14 Å². The monoisotopic (exact) mass is 298 g/mol. The van der Waals surface area contributed by atoms with Gasteiger partial charge in [-0.1, -0.05) is 6.07 Å².